The monoisotopic (exact) mass is 380 g/mol. The van der Waals surface area contributed by atoms with Crippen molar-refractivity contribution in [3.63, 3.8) is 0 Å². The zero-order valence-corrected chi connectivity index (χ0v) is 15.8. The van der Waals surface area contributed by atoms with E-state index in [1.807, 2.05) is 0 Å². The number of piperidine rings is 1. The van der Waals surface area contributed by atoms with Gasteiger partial charge in [-0.3, -0.25) is 4.79 Å². The van der Waals surface area contributed by atoms with Crippen LogP contribution in [-0.4, -0.2) is 42.0 Å². The molecule has 1 aromatic carbocycles. The summed E-state index contributed by atoms with van der Waals surface area (Å²) in [5, 5.41) is 12.0. The van der Waals surface area contributed by atoms with Gasteiger partial charge in [0.05, 0.1) is 5.69 Å². The summed E-state index contributed by atoms with van der Waals surface area (Å²) >= 11 is 0. The second-order valence-electron chi connectivity index (χ2n) is 7.68. The van der Waals surface area contributed by atoms with E-state index >= 15 is 0 Å². The van der Waals surface area contributed by atoms with Crippen LogP contribution in [0.15, 0.2) is 24.3 Å². The molecule has 1 saturated heterocycles. The lowest BCUT2D eigenvalue weighted by molar-refractivity contribution is 0.0930. The molecule has 1 aliphatic carbocycles. The number of rotatable bonds is 3. The van der Waals surface area contributed by atoms with Gasteiger partial charge in [0.15, 0.2) is 17.3 Å². The van der Waals surface area contributed by atoms with E-state index in [4.69, 9.17) is 9.47 Å². The molecule has 1 N–H and O–H groups in total. The Morgan fingerprint density at radius 1 is 1.04 bits per heavy atom. The quantitative estimate of drug-likeness (QED) is 0.882. The van der Waals surface area contributed by atoms with Crippen molar-refractivity contribution in [1.82, 2.24) is 15.5 Å². The van der Waals surface area contributed by atoms with Crippen molar-refractivity contribution in [2.75, 3.05) is 24.8 Å². The molecule has 1 fully saturated rings. The molecule has 1 amide bonds. The van der Waals surface area contributed by atoms with Crippen LogP contribution in [0.2, 0.25) is 0 Å². The van der Waals surface area contributed by atoms with Crippen LogP contribution in [0.3, 0.4) is 0 Å². The van der Waals surface area contributed by atoms with Crippen molar-refractivity contribution >= 4 is 11.7 Å². The second kappa shape index (κ2) is 7.30. The van der Waals surface area contributed by atoms with Gasteiger partial charge in [-0.2, -0.15) is 5.10 Å². The molecular formula is C21H24N4O3. The van der Waals surface area contributed by atoms with E-state index < -0.39 is 0 Å². The number of hydrogen-bond donors (Lipinski definition) is 1. The Labute approximate surface area is 164 Å². The molecule has 3 aliphatic rings. The van der Waals surface area contributed by atoms with Crippen molar-refractivity contribution in [1.29, 1.82) is 0 Å². The number of aromatic nitrogens is 2. The standard InChI is InChI=1S/C21H24N4O3/c26-21(15-5-6-18-19(11-15)28-13-27-18)22-16-7-9-25(10-8-16)20-12-14-3-1-2-4-17(14)23-24-20/h5-6,11-12,16H,1-4,7-10,13H2,(H,22,26). The van der Waals surface area contributed by atoms with Gasteiger partial charge < -0.3 is 19.7 Å². The van der Waals surface area contributed by atoms with Crippen molar-refractivity contribution in [3.8, 4) is 11.5 Å². The second-order valence-corrected chi connectivity index (χ2v) is 7.68. The van der Waals surface area contributed by atoms with Crippen molar-refractivity contribution in [2.45, 2.75) is 44.6 Å². The summed E-state index contributed by atoms with van der Waals surface area (Å²) in [5.74, 6) is 2.23. The van der Waals surface area contributed by atoms with Crippen LogP contribution in [0.5, 0.6) is 11.5 Å². The van der Waals surface area contributed by atoms with E-state index in [1.165, 1.54) is 24.1 Å². The molecule has 0 saturated carbocycles. The molecule has 0 unspecified atom stereocenters. The molecule has 1 aromatic heterocycles. The molecule has 0 atom stereocenters. The summed E-state index contributed by atoms with van der Waals surface area (Å²) in [5.41, 5.74) is 3.13. The molecule has 2 aliphatic heterocycles. The number of nitrogens with one attached hydrogen (secondary N) is 1. The maximum atomic E-state index is 12.6. The van der Waals surface area contributed by atoms with Crippen molar-refractivity contribution in [2.24, 2.45) is 0 Å². The molecule has 2 aromatic rings. The Morgan fingerprint density at radius 2 is 1.86 bits per heavy atom. The molecule has 0 spiro atoms. The lowest BCUT2D eigenvalue weighted by Gasteiger charge is -2.33. The molecule has 7 nitrogen and oxygen atoms in total. The highest BCUT2D eigenvalue weighted by atomic mass is 16.7. The highest BCUT2D eigenvalue weighted by molar-refractivity contribution is 5.95. The number of anilines is 1. The first-order chi connectivity index (χ1) is 13.8. The third kappa shape index (κ3) is 3.37. The number of amides is 1. The fraction of sp³-hybridized carbons (Fsp3) is 0.476. The number of nitrogens with zero attached hydrogens (tertiary/aromatic N) is 3. The van der Waals surface area contributed by atoms with E-state index in [2.05, 4.69) is 26.5 Å². The average Bonchev–Trinajstić information content (AvgIpc) is 3.22. The Balaban J connectivity index is 1.19. The van der Waals surface area contributed by atoms with Gasteiger partial charge in [0.2, 0.25) is 6.79 Å². The van der Waals surface area contributed by atoms with Crippen molar-refractivity contribution < 1.29 is 14.3 Å². The fourth-order valence-corrected chi connectivity index (χ4v) is 4.19. The SMILES string of the molecule is O=C(NC1CCN(c2cc3c(nn2)CCCC3)CC1)c1ccc2c(c1)OCO2. The van der Waals surface area contributed by atoms with Crippen LogP contribution in [0.25, 0.3) is 0 Å². The largest absolute Gasteiger partial charge is 0.454 e. The molecule has 5 rings (SSSR count). The first-order valence-electron chi connectivity index (χ1n) is 10.1. The van der Waals surface area contributed by atoms with E-state index in [-0.39, 0.29) is 18.7 Å². The molecule has 3 heterocycles. The van der Waals surface area contributed by atoms with Crippen LogP contribution >= 0.6 is 0 Å². The maximum Gasteiger partial charge on any atom is 0.251 e. The van der Waals surface area contributed by atoms with Gasteiger partial charge >= 0.3 is 0 Å². The first-order valence-corrected chi connectivity index (χ1v) is 10.1. The van der Waals surface area contributed by atoms with Gasteiger partial charge in [0.1, 0.15) is 0 Å². The molecule has 146 valence electrons. The van der Waals surface area contributed by atoms with Crippen LogP contribution in [0.1, 0.15) is 47.3 Å². The van der Waals surface area contributed by atoms with Gasteiger partial charge in [-0.05, 0) is 68.4 Å². The number of carbonyl (C=O) groups excluding carboxylic acids is 1. The molecule has 0 radical (unpaired) electrons. The molecular weight excluding hydrogens is 356 g/mol. The van der Waals surface area contributed by atoms with Gasteiger partial charge in [-0.15, -0.1) is 5.10 Å². The van der Waals surface area contributed by atoms with E-state index in [9.17, 15) is 4.79 Å². The van der Waals surface area contributed by atoms with Crippen molar-refractivity contribution in [3.05, 3.63) is 41.1 Å². The normalized spacial score (nSPS) is 18.6. The number of benzene rings is 1. The van der Waals surface area contributed by atoms with Crippen LogP contribution in [-0.2, 0) is 12.8 Å². The fourth-order valence-electron chi connectivity index (χ4n) is 4.19. The topological polar surface area (TPSA) is 76.6 Å². The van der Waals surface area contributed by atoms with E-state index in [0.717, 1.165) is 44.6 Å². The van der Waals surface area contributed by atoms with E-state index in [0.29, 0.717) is 17.1 Å². The van der Waals surface area contributed by atoms with Gasteiger partial charge in [0, 0.05) is 24.7 Å². The predicted octanol–water partition coefficient (Wildman–Crippen LogP) is 2.48. The number of hydrogen-bond acceptors (Lipinski definition) is 6. The predicted molar refractivity (Wildman–Crippen MR) is 104 cm³/mol. The average molecular weight is 380 g/mol. The Hall–Kier alpha value is -2.83. The summed E-state index contributed by atoms with van der Waals surface area (Å²) < 4.78 is 10.7. The summed E-state index contributed by atoms with van der Waals surface area (Å²) in [7, 11) is 0. The van der Waals surface area contributed by atoms with Crippen LogP contribution in [0, 0.1) is 0 Å². The minimum absolute atomic E-state index is 0.0645. The minimum Gasteiger partial charge on any atom is -0.454 e. The third-order valence-corrected chi connectivity index (χ3v) is 5.85. The summed E-state index contributed by atoms with van der Waals surface area (Å²) in [6.45, 7) is 1.96. The lowest BCUT2D eigenvalue weighted by atomic mass is 9.96. The smallest absolute Gasteiger partial charge is 0.251 e. The van der Waals surface area contributed by atoms with E-state index in [1.54, 1.807) is 18.2 Å². The summed E-state index contributed by atoms with van der Waals surface area (Å²) in [6.07, 6.45) is 6.42. The van der Waals surface area contributed by atoms with Crippen LogP contribution < -0.4 is 19.7 Å². The maximum absolute atomic E-state index is 12.6. The lowest BCUT2D eigenvalue weighted by Crippen LogP contribution is -2.45. The molecule has 0 bridgehead atoms. The Bertz CT molecular complexity index is 893. The highest BCUT2D eigenvalue weighted by Gasteiger charge is 2.24. The molecule has 7 heteroatoms. The number of carbonyl (C=O) groups is 1. The third-order valence-electron chi connectivity index (χ3n) is 5.85. The Kier molecular flexibility index (Phi) is 4.50. The van der Waals surface area contributed by atoms with Crippen LogP contribution in [0.4, 0.5) is 5.82 Å². The summed E-state index contributed by atoms with van der Waals surface area (Å²) in [6, 6.07) is 7.69. The zero-order chi connectivity index (χ0) is 18.9. The highest BCUT2D eigenvalue weighted by Crippen LogP contribution is 2.32. The van der Waals surface area contributed by atoms with Gasteiger partial charge in [-0.1, -0.05) is 0 Å². The first kappa shape index (κ1) is 17.3. The zero-order valence-electron chi connectivity index (χ0n) is 15.8. The number of aryl methyl sites for hydroxylation is 2. The minimum atomic E-state index is -0.0645. The van der Waals surface area contributed by atoms with Gasteiger partial charge in [0.25, 0.3) is 5.91 Å². The summed E-state index contributed by atoms with van der Waals surface area (Å²) in [4.78, 5) is 14.9. The number of fused-ring (bicyclic) bond motifs is 2. The van der Waals surface area contributed by atoms with Gasteiger partial charge in [-0.25, -0.2) is 0 Å². The number of ether oxygens (including phenoxy) is 2. The Morgan fingerprint density at radius 3 is 2.75 bits per heavy atom. The molecule has 28 heavy (non-hydrogen) atoms.